The highest BCUT2D eigenvalue weighted by molar-refractivity contribution is 6.08. The highest BCUT2D eigenvalue weighted by Gasteiger charge is 2.77. The number of piperidine rings is 1. The standard InChI is InChI=1S/C23H27NO7/c1-11-10-24-16-9-13(11)19-18-14(7-12(31-19)8-17(26)29-3)15(25)5-6-23(20(24)27,21(28)30-4)22(16,18)2/h8,11,13-14,16H,5-7,9-10H2,1-4H3/b12-8+/t11-,13-,14-,16-,22-,23-/m1/s1. The number of nitrogens with zero attached hydrogens (tertiary/aromatic N) is 1. The van der Waals surface area contributed by atoms with E-state index >= 15 is 0 Å². The first-order chi connectivity index (χ1) is 14.7. The lowest BCUT2D eigenvalue weighted by molar-refractivity contribution is -0.164. The molecule has 0 radical (unpaired) electrons. The van der Waals surface area contributed by atoms with E-state index in [4.69, 9.17) is 14.2 Å². The maximum absolute atomic E-state index is 13.8. The van der Waals surface area contributed by atoms with Gasteiger partial charge in [0.2, 0.25) is 5.91 Å². The number of fused-ring (bicyclic) bond motifs is 2. The lowest BCUT2D eigenvalue weighted by Gasteiger charge is -2.54. The minimum absolute atomic E-state index is 0.0142. The van der Waals surface area contributed by atoms with E-state index < -0.39 is 28.7 Å². The molecule has 31 heavy (non-hydrogen) atoms. The Hall–Kier alpha value is -2.64. The second-order valence-electron chi connectivity index (χ2n) is 9.63. The average molecular weight is 429 g/mol. The number of rotatable bonds is 2. The molecule has 2 aliphatic carbocycles. The Morgan fingerprint density at radius 3 is 2.65 bits per heavy atom. The van der Waals surface area contributed by atoms with Gasteiger partial charge >= 0.3 is 11.9 Å². The molecule has 3 aliphatic heterocycles. The summed E-state index contributed by atoms with van der Waals surface area (Å²) in [6, 6.07) is -0.179. The van der Waals surface area contributed by atoms with E-state index in [9.17, 15) is 19.2 Å². The van der Waals surface area contributed by atoms with E-state index in [0.29, 0.717) is 24.5 Å². The molecule has 1 amide bonds. The van der Waals surface area contributed by atoms with Crippen molar-refractivity contribution in [2.75, 3.05) is 20.8 Å². The van der Waals surface area contributed by atoms with Gasteiger partial charge in [0, 0.05) is 42.7 Å². The Bertz CT molecular complexity index is 980. The van der Waals surface area contributed by atoms with Gasteiger partial charge in [-0.15, -0.1) is 0 Å². The van der Waals surface area contributed by atoms with E-state index in [0.717, 1.165) is 5.57 Å². The minimum Gasteiger partial charge on any atom is -0.468 e. The van der Waals surface area contributed by atoms with Gasteiger partial charge in [-0.25, -0.2) is 4.79 Å². The first-order valence-corrected chi connectivity index (χ1v) is 10.8. The van der Waals surface area contributed by atoms with E-state index in [2.05, 4.69) is 6.92 Å². The molecule has 0 aromatic carbocycles. The molecule has 3 heterocycles. The Morgan fingerprint density at radius 1 is 1.23 bits per heavy atom. The Labute approximate surface area is 180 Å². The van der Waals surface area contributed by atoms with Crippen LogP contribution in [0.15, 0.2) is 23.2 Å². The van der Waals surface area contributed by atoms with Gasteiger partial charge in [0.05, 0.1) is 20.3 Å². The summed E-state index contributed by atoms with van der Waals surface area (Å²) in [5.41, 5.74) is -1.55. The summed E-state index contributed by atoms with van der Waals surface area (Å²) in [7, 11) is 2.59. The summed E-state index contributed by atoms with van der Waals surface area (Å²) < 4.78 is 16.2. The van der Waals surface area contributed by atoms with E-state index in [1.807, 2.05) is 11.8 Å². The Balaban J connectivity index is 1.80. The van der Waals surface area contributed by atoms with Gasteiger partial charge in [-0.2, -0.15) is 0 Å². The van der Waals surface area contributed by atoms with Gasteiger partial charge in [-0.05, 0) is 24.3 Å². The molecule has 2 bridgehead atoms. The van der Waals surface area contributed by atoms with Crippen molar-refractivity contribution in [3.63, 3.8) is 0 Å². The van der Waals surface area contributed by atoms with Crippen LogP contribution in [-0.4, -0.2) is 55.3 Å². The van der Waals surface area contributed by atoms with Crippen molar-refractivity contribution >= 4 is 23.6 Å². The average Bonchev–Trinajstić information content (AvgIpc) is 2.89. The minimum atomic E-state index is -1.43. The van der Waals surface area contributed by atoms with Crippen molar-refractivity contribution in [3.8, 4) is 0 Å². The zero-order valence-electron chi connectivity index (χ0n) is 18.2. The number of carbonyl (C=O) groups is 4. The van der Waals surface area contributed by atoms with Crippen molar-refractivity contribution in [3.05, 3.63) is 23.2 Å². The highest BCUT2D eigenvalue weighted by atomic mass is 16.5. The van der Waals surface area contributed by atoms with Crippen LogP contribution >= 0.6 is 0 Å². The zero-order chi connectivity index (χ0) is 22.3. The zero-order valence-corrected chi connectivity index (χ0v) is 18.2. The molecule has 5 rings (SSSR count). The molecule has 8 heteroatoms. The smallest absolute Gasteiger partial charge is 0.333 e. The number of methoxy groups -OCH3 is 2. The normalized spacial score (nSPS) is 41.7. The molecule has 5 aliphatic rings. The molecule has 3 fully saturated rings. The summed E-state index contributed by atoms with van der Waals surface area (Å²) in [4.78, 5) is 54.2. The van der Waals surface area contributed by atoms with Crippen LogP contribution < -0.4 is 0 Å². The Kier molecular flexibility index (Phi) is 4.21. The molecule has 0 aromatic heterocycles. The summed E-state index contributed by atoms with van der Waals surface area (Å²) in [6.07, 6.45) is 2.41. The molecule has 6 atom stereocenters. The Morgan fingerprint density at radius 2 is 1.97 bits per heavy atom. The van der Waals surface area contributed by atoms with E-state index in [-0.39, 0.29) is 48.8 Å². The van der Waals surface area contributed by atoms with E-state index in [1.54, 1.807) is 0 Å². The molecule has 1 saturated carbocycles. The summed E-state index contributed by atoms with van der Waals surface area (Å²) in [5.74, 6) is -0.728. The first-order valence-electron chi connectivity index (χ1n) is 10.8. The first kappa shape index (κ1) is 20.3. The topological polar surface area (TPSA) is 99.2 Å². The molecule has 8 nitrogen and oxygen atoms in total. The van der Waals surface area contributed by atoms with Gasteiger partial charge in [0.15, 0.2) is 5.41 Å². The van der Waals surface area contributed by atoms with Crippen LogP contribution in [0.2, 0.25) is 0 Å². The summed E-state index contributed by atoms with van der Waals surface area (Å²) >= 11 is 0. The predicted octanol–water partition coefficient (Wildman–Crippen LogP) is 1.74. The van der Waals surface area contributed by atoms with Crippen LogP contribution in [0.4, 0.5) is 0 Å². The molecule has 0 unspecified atom stereocenters. The molecule has 2 saturated heterocycles. The lowest BCUT2D eigenvalue weighted by Crippen LogP contribution is -2.57. The fourth-order valence-electron chi connectivity index (χ4n) is 7.05. The molecule has 0 spiro atoms. The van der Waals surface area contributed by atoms with Crippen molar-refractivity contribution in [1.29, 1.82) is 0 Å². The van der Waals surface area contributed by atoms with Crippen molar-refractivity contribution < 1.29 is 33.4 Å². The van der Waals surface area contributed by atoms with Crippen LogP contribution in [0.25, 0.3) is 0 Å². The third kappa shape index (κ3) is 2.25. The number of esters is 2. The maximum Gasteiger partial charge on any atom is 0.333 e. The maximum atomic E-state index is 13.8. The van der Waals surface area contributed by atoms with Crippen molar-refractivity contribution in [1.82, 2.24) is 4.90 Å². The number of carbonyl (C=O) groups excluding carboxylic acids is 4. The van der Waals surface area contributed by atoms with Gasteiger partial charge in [-0.1, -0.05) is 13.8 Å². The molecular formula is C23H27NO7. The van der Waals surface area contributed by atoms with Crippen molar-refractivity contribution in [2.45, 2.75) is 45.6 Å². The fraction of sp³-hybridized carbons (Fsp3) is 0.652. The monoisotopic (exact) mass is 429 g/mol. The molecule has 166 valence electrons. The largest absolute Gasteiger partial charge is 0.468 e. The van der Waals surface area contributed by atoms with Crippen LogP contribution in [-0.2, 0) is 33.4 Å². The number of hydrogen-bond acceptors (Lipinski definition) is 7. The second kappa shape index (κ2) is 6.43. The molecule has 0 aromatic rings. The van der Waals surface area contributed by atoms with Gasteiger partial charge in [-0.3, -0.25) is 14.4 Å². The van der Waals surface area contributed by atoms with Gasteiger partial charge < -0.3 is 19.1 Å². The van der Waals surface area contributed by atoms with Crippen LogP contribution in [0.5, 0.6) is 0 Å². The quantitative estimate of drug-likeness (QED) is 0.375. The number of hydrogen-bond donors (Lipinski definition) is 0. The second-order valence-corrected chi connectivity index (χ2v) is 9.63. The number of amides is 1. The van der Waals surface area contributed by atoms with Gasteiger partial charge in [0.1, 0.15) is 17.3 Å². The SMILES string of the molecule is COC(=O)/C=C1\C[C@@H]2C(=O)CC[C@]3(C(=O)OC)C(=O)N4C[C@@H](C)[C@H]5C[C@@H]4[C@]3(C)C2=C5O1. The van der Waals surface area contributed by atoms with Crippen LogP contribution in [0.3, 0.4) is 0 Å². The van der Waals surface area contributed by atoms with Crippen LogP contribution in [0.1, 0.15) is 39.5 Å². The number of ketones is 1. The molecule has 0 N–H and O–H groups in total. The number of Topliss-reactive ketones (excluding diaryl/α,β-unsaturated/α-hetero) is 1. The number of allylic oxidation sites excluding steroid dienone is 2. The highest BCUT2D eigenvalue weighted by Crippen LogP contribution is 2.69. The summed E-state index contributed by atoms with van der Waals surface area (Å²) in [6.45, 7) is 4.53. The third-order valence-corrected chi connectivity index (χ3v) is 8.51. The third-order valence-electron chi connectivity index (χ3n) is 8.51. The molecular weight excluding hydrogens is 402 g/mol. The number of ether oxygens (including phenoxy) is 3. The van der Waals surface area contributed by atoms with Crippen molar-refractivity contribution in [2.24, 2.45) is 28.6 Å². The fourth-order valence-corrected chi connectivity index (χ4v) is 7.05. The predicted molar refractivity (Wildman–Crippen MR) is 106 cm³/mol. The van der Waals surface area contributed by atoms with E-state index in [1.165, 1.54) is 20.3 Å². The summed E-state index contributed by atoms with van der Waals surface area (Å²) in [5, 5.41) is 0. The lowest BCUT2D eigenvalue weighted by atomic mass is 9.52. The van der Waals surface area contributed by atoms with Crippen LogP contribution in [0, 0.1) is 28.6 Å². The van der Waals surface area contributed by atoms with Gasteiger partial charge in [0.25, 0.3) is 0 Å².